The Balaban J connectivity index is 0.00000529. The molecule has 0 spiro atoms. The number of hydrogen-bond donors (Lipinski definition) is 2. The monoisotopic (exact) mass is 453 g/mol. The standard InChI is InChI=1S/C17H35N5O.HI/c1-5-6-7-11-19-17(18-2)20-12-9-14-22-13-8-10-15(22)16(23)21(3)4;/h15H,5-14H2,1-4H3,(H2,18,19,20);1H. The number of carbonyl (C=O) groups excluding carboxylic acids is 1. The highest BCUT2D eigenvalue weighted by molar-refractivity contribution is 14.0. The average Bonchev–Trinajstić information content (AvgIpc) is 3.00. The molecule has 0 saturated carbocycles. The van der Waals surface area contributed by atoms with Gasteiger partial charge in [-0.3, -0.25) is 14.7 Å². The Morgan fingerprint density at radius 3 is 2.46 bits per heavy atom. The molecule has 1 aliphatic heterocycles. The predicted octanol–water partition coefficient (Wildman–Crippen LogP) is 1.90. The van der Waals surface area contributed by atoms with Gasteiger partial charge in [-0.15, -0.1) is 24.0 Å². The molecular formula is C17H36IN5O. The molecule has 1 atom stereocenters. The second-order valence-corrected chi connectivity index (χ2v) is 6.41. The third-order valence-corrected chi connectivity index (χ3v) is 4.30. The van der Waals surface area contributed by atoms with Crippen LogP contribution in [0, 0.1) is 0 Å². The normalized spacial score (nSPS) is 18.2. The summed E-state index contributed by atoms with van der Waals surface area (Å²) in [6.45, 7) is 6.06. The van der Waals surface area contributed by atoms with Crippen molar-refractivity contribution in [3.8, 4) is 0 Å². The molecule has 1 heterocycles. The molecule has 0 aromatic carbocycles. The first-order valence-corrected chi connectivity index (χ1v) is 8.99. The van der Waals surface area contributed by atoms with E-state index in [9.17, 15) is 4.79 Å². The summed E-state index contributed by atoms with van der Waals surface area (Å²) in [6.07, 6.45) is 6.80. The van der Waals surface area contributed by atoms with Crippen molar-refractivity contribution in [2.24, 2.45) is 4.99 Å². The Hall–Kier alpha value is -0.570. The van der Waals surface area contributed by atoms with Gasteiger partial charge in [-0.2, -0.15) is 0 Å². The summed E-state index contributed by atoms with van der Waals surface area (Å²) in [6, 6.07) is 0.0801. The molecule has 0 bridgehead atoms. The fourth-order valence-corrected chi connectivity index (χ4v) is 2.96. The Labute approximate surface area is 164 Å². The number of hydrogen-bond acceptors (Lipinski definition) is 3. The van der Waals surface area contributed by atoms with Crippen molar-refractivity contribution in [3.05, 3.63) is 0 Å². The molecule has 0 aromatic heterocycles. The van der Waals surface area contributed by atoms with E-state index < -0.39 is 0 Å². The predicted molar refractivity (Wildman–Crippen MR) is 112 cm³/mol. The molecule has 1 rings (SSSR count). The number of halogens is 1. The van der Waals surface area contributed by atoms with Crippen LogP contribution in [-0.2, 0) is 4.79 Å². The molecule has 1 aliphatic rings. The summed E-state index contributed by atoms with van der Waals surface area (Å²) in [4.78, 5) is 20.4. The molecule has 142 valence electrons. The summed E-state index contributed by atoms with van der Waals surface area (Å²) < 4.78 is 0. The van der Waals surface area contributed by atoms with Crippen molar-refractivity contribution < 1.29 is 4.79 Å². The lowest BCUT2D eigenvalue weighted by Gasteiger charge is -2.26. The minimum atomic E-state index is 0. The summed E-state index contributed by atoms with van der Waals surface area (Å²) >= 11 is 0. The molecule has 2 N–H and O–H groups in total. The number of guanidine groups is 1. The fourth-order valence-electron chi connectivity index (χ4n) is 2.96. The van der Waals surface area contributed by atoms with Crippen LogP contribution in [0.15, 0.2) is 4.99 Å². The van der Waals surface area contributed by atoms with Crippen LogP contribution in [0.2, 0.25) is 0 Å². The molecule has 7 heteroatoms. The van der Waals surface area contributed by atoms with Gasteiger partial charge in [0, 0.05) is 40.8 Å². The van der Waals surface area contributed by atoms with Crippen LogP contribution in [0.4, 0.5) is 0 Å². The van der Waals surface area contributed by atoms with Gasteiger partial charge in [0.2, 0.25) is 5.91 Å². The number of nitrogens with one attached hydrogen (secondary N) is 2. The molecule has 6 nitrogen and oxygen atoms in total. The van der Waals surface area contributed by atoms with Crippen LogP contribution in [0.25, 0.3) is 0 Å². The number of unbranched alkanes of at least 4 members (excludes halogenated alkanes) is 2. The van der Waals surface area contributed by atoms with Crippen LogP contribution < -0.4 is 10.6 Å². The molecule has 0 radical (unpaired) electrons. The third-order valence-electron chi connectivity index (χ3n) is 4.30. The first kappa shape index (κ1) is 23.4. The van der Waals surface area contributed by atoms with Crippen molar-refractivity contribution in [2.45, 2.75) is 51.5 Å². The lowest BCUT2D eigenvalue weighted by atomic mass is 10.2. The Morgan fingerprint density at radius 2 is 1.88 bits per heavy atom. The van der Waals surface area contributed by atoms with Gasteiger partial charge in [0.05, 0.1) is 6.04 Å². The van der Waals surface area contributed by atoms with E-state index in [0.29, 0.717) is 0 Å². The molecular weight excluding hydrogens is 417 g/mol. The van der Waals surface area contributed by atoms with Crippen LogP contribution in [0.3, 0.4) is 0 Å². The Bertz CT molecular complexity index is 376. The van der Waals surface area contributed by atoms with Crippen LogP contribution in [0.5, 0.6) is 0 Å². The lowest BCUT2D eigenvalue weighted by Crippen LogP contribution is -2.44. The number of rotatable bonds is 9. The SMILES string of the molecule is CCCCCNC(=NC)NCCCN1CCCC1C(=O)N(C)C.I. The second-order valence-electron chi connectivity index (χ2n) is 6.41. The first-order valence-electron chi connectivity index (χ1n) is 8.99. The van der Waals surface area contributed by atoms with Gasteiger partial charge in [0.1, 0.15) is 0 Å². The van der Waals surface area contributed by atoms with E-state index in [-0.39, 0.29) is 35.9 Å². The van der Waals surface area contributed by atoms with E-state index >= 15 is 0 Å². The maximum Gasteiger partial charge on any atom is 0.239 e. The Kier molecular flexibility index (Phi) is 13.4. The zero-order valence-corrected chi connectivity index (χ0v) is 18.1. The van der Waals surface area contributed by atoms with Crippen LogP contribution in [0.1, 0.15) is 45.4 Å². The van der Waals surface area contributed by atoms with Gasteiger partial charge in [-0.1, -0.05) is 19.8 Å². The fraction of sp³-hybridized carbons (Fsp3) is 0.882. The van der Waals surface area contributed by atoms with Gasteiger partial charge in [0.25, 0.3) is 0 Å². The summed E-state index contributed by atoms with van der Waals surface area (Å²) in [5.74, 6) is 1.12. The van der Waals surface area contributed by atoms with Gasteiger partial charge in [-0.05, 0) is 32.2 Å². The highest BCUT2D eigenvalue weighted by Gasteiger charge is 2.30. The number of likely N-dealkylation sites (tertiary alicyclic amines) is 1. The summed E-state index contributed by atoms with van der Waals surface area (Å²) in [5, 5.41) is 6.69. The number of likely N-dealkylation sites (N-methyl/N-ethyl adjacent to an activating group) is 1. The number of carbonyl (C=O) groups is 1. The van der Waals surface area contributed by atoms with Gasteiger partial charge in [-0.25, -0.2) is 0 Å². The van der Waals surface area contributed by atoms with E-state index in [4.69, 9.17) is 0 Å². The number of aliphatic imine (C=N–C) groups is 1. The molecule has 0 aliphatic carbocycles. The molecule has 24 heavy (non-hydrogen) atoms. The van der Waals surface area contributed by atoms with E-state index in [2.05, 4.69) is 27.4 Å². The van der Waals surface area contributed by atoms with Crippen LogP contribution >= 0.6 is 24.0 Å². The van der Waals surface area contributed by atoms with Crippen molar-refractivity contribution in [2.75, 3.05) is 47.3 Å². The molecule has 1 fully saturated rings. The number of amides is 1. The lowest BCUT2D eigenvalue weighted by molar-refractivity contribution is -0.133. The summed E-state index contributed by atoms with van der Waals surface area (Å²) in [7, 11) is 5.49. The average molecular weight is 453 g/mol. The van der Waals surface area contributed by atoms with Crippen molar-refractivity contribution in [3.63, 3.8) is 0 Å². The van der Waals surface area contributed by atoms with E-state index in [0.717, 1.165) is 51.4 Å². The topological polar surface area (TPSA) is 60.0 Å². The second kappa shape index (κ2) is 13.7. The summed E-state index contributed by atoms with van der Waals surface area (Å²) in [5.41, 5.74) is 0. The molecule has 0 aromatic rings. The Morgan fingerprint density at radius 1 is 1.21 bits per heavy atom. The zero-order chi connectivity index (χ0) is 17.1. The van der Waals surface area contributed by atoms with E-state index in [1.165, 1.54) is 19.3 Å². The molecule has 1 unspecified atom stereocenters. The van der Waals surface area contributed by atoms with Crippen molar-refractivity contribution in [1.29, 1.82) is 0 Å². The third kappa shape index (κ3) is 8.50. The highest BCUT2D eigenvalue weighted by Crippen LogP contribution is 2.18. The largest absolute Gasteiger partial charge is 0.356 e. The first-order chi connectivity index (χ1) is 11.1. The molecule has 1 amide bonds. The maximum atomic E-state index is 12.2. The highest BCUT2D eigenvalue weighted by atomic mass is 127. The zero-order valence-electron chi connectivity index (χ0n) is 15.8. The molecule has 1 saturated heterocycles. The van der Waals surface area contributed by atoms with Crippen molar-refractivity contribution in [1.82, 2.24) is 20.4 Å². The van der Waals surface area contributed by atoms with Gasteiger partial charge in [0.15, 0.2) is 5.96 Å². The minimum Gasteiger partial charge on any atom is -0.356 e. The maximum absolute atomic E-state index is 12.2. The smallest absolute Gasteiger partial charge is 0.239 e. The van der Waals surface area contributed by atoms with Gasteiger partial charge < -0.3 is 15.5 Å². The number of nitrogens with zero attached hydrogens (tertiary/aromatic N) is 3. The van der Waals surface area contributed by atoms with Crippen LogP contribution in [-0.4, -0.2) is 75.0 Å². The van der Waals surface area contributed by atoms with E-state index in [1.807, 2.05) is 14.1 Å². The minimum absolute atomic E-state index is 0. The quantitative estimate of drug-likeness (QED) is 0.242. The van der Waals surface area contributed by atoms with Gasteiger partial charge >= 0.3 is 0 Å². The van der Waals surface area contributed by atoms with E-state index in [1.54, 1.807) is 11.9 Å². The van der Waals surface area contributed by atoms with Crippen molar-refractivity contribution >= 4 is 35.8 Å².